The minimum atomic E-state index is -0.454. The van der Waals surface area contributed by atoms with E-state index in [1.54, 1.807) is 11.9 Å². The molecule has 0 spiro atoms. The molecule has 1 atom stereocenters. The van der Waals surface area contributed by atoms with Crippen molar-refractivity contribution in [2.75, 3.05) is 26.7 Å². The number of nitrogens with zero attached hydrogens (tertiary/aromatic N) is 2. The van der Waals surface area contributed by atoms with Crippen molar-refractivity contribution >= 4 is 11.9 Å². The molecule has 2 saturated heterocycles. The van der Waals surface area contributed by atoms with Crippen molar-refractivity contribution in [3.05, 3.63) is 71.8 Å². The van der Waals surface area contributed by atoms with Crippen molar-refractivity contribution in [2.45, 2.75) is 24.3 Å². The van der Waals surface area contributed by atoms with E-state index in [1.165, 1.54) is 11.1 Å². The summed E-state index contributed by atoms with van der Waals surface area (Å²) >= 11 is 0. The van der Waals surface area contributed by atoms with Crippen LogP contribution in [0.1, 0.15) is 24.0 Å². The third-order valence-corrected chi connectivity index (χ3v) is 5.86. The van der Waals surface area contributed by atoms with Crippen LogP contribution in [0.3, 0.4) is 0 Å². The van der Waals surface area contributed by atoms with Gasteiger partial charge in [-0.1, -0.05) is 60.7 Å². The van der Waals surface area contributed by atoms with E-state index in [2.05, 4.69) is 53.8 Å². The van der Waals surface area contributed by atoms with Gasteiger partial charge in [0, 0.05) is 25.6 Å². The van der Waals surface area contributed by atoms with Crippen LogP contribution in [-0.4, -0.2) is 54.5 Å². The Bertz CT molecular complexity index is 782. The van der Waals surface area contributed by atoms with Crippen molar-refractivity contribution in [1.29, 1.82) is 0 Å². The Morgan fingerprint density at radius 1 is 1.04 bits per heavy atom. The highest BCUT2D eigenvalue weighted by Crippen LogP contribution is 2.40. The summed E-state index contributed by atoms with van der Waals surface area (Å²) in [5.41, 5.74) is 2.26. The van der Waals surface area contributed by atoms with Gasteiger partial charge in [-0.3, -0.25) is 4.79 Å². The van der Waals surface area contributed by atoms with E-state index in [-0.39, 0.29) is 17.4 Å². The van der Waals surface area contributed by atoms with E-state index in [9.17, 15) is 9.59 Å². The molecule has 27 heavy (non-hydrogen) atoms. The number of nitrogens with one attached hydrogen (secondary N) is 1. The molecule has 2 aromatic carbocycles. The second-order valence-electron chi connectivity index (χ2n) is 7.56. The maximum atomic E-state index is 13.1. The molecule has 140 valence electrons. The molecule has 1 unspecified atom stereocenters. The maximum absolute atomic E-state index is 13.1. The maximum Gasteiger partial charge on any atom is 0.317 e. The van der Waals surface area contributed by atoms with Gasteiger partial charge in [0.25, 0.3) is 0 Å². The molecule has 1 N–H and O–H groups in total. The van der Waals surface area contributed by atoms with Crippen LogP contribution in [-0.2, 0) is 10.2 Å². The van der Waals surface area contributed by atoms with E-state index in [4.69, 9.17) is 0 Å². The van der Waals surface area contributed by atoms with E-state index in [1.807, 2.05) is 17.0 Å². The third kappa shape index (κ3) is 3.18. The molecule has 3 amide bonds. The number of hydrogen-bond donors (Lipinski definition) is 1. The van der Waals surface area contributed by atoms with Gasteiger partial charge in [0.15, 0.2) is 0 Å². The van der Waals surface area contributed by atoms with Gasteiger partial charge in [-0.25, -0.2) is 4.79 Å². The Labute approximate surface area is 160 Å². The lowest BCUT2D eigenvalue weighted by atomic mass is 9.69. The number of likely N-dealkylation sites (N-methyl/N-ethyl adjacent to an activating group) is 1. The van der Waals surface area contributed by atoms with E-state index < -0.39 is 6.04 Å². The van der Waals surface area contributed by atoms with Crippen molar-refractivity contribution in [2.24, 2.45) is 0 Å². The number of piperidine rings is 1. The van der Waals surface area contributed by atoms with E-state index in [0.29, 0.717) is 13.1 Å². The van der Waals surface area contributed by atoms with E-state index >= 15 is 0 Å². The van der Waals surface area contributed by atoms with Crippen molar-refractivity contribution in [1.82, 2.24) is 15.1 Å². The van der Waals surface area contributed by atoms with Crippen LogP contribution in [0.25, 0.3) is 0 Å². The molecule has 5 nitrogen and oxygen atoms in total. The molecule has 0 saturated carbocycles. The number of rotatable bonds is 3. The standard InChI is InChI=1S/C22H25N3O2/c1-24-15-19(23-21(24)27)20(26)25-14-8-13-22(16-25,17-9-4-2-5-10-17)18-11-6-3-7-12-18/h2-7,9-12,19H,8,13-16H2,1H3,(H,23,27). The normalized spacial score (nSPS) is 21.8. The average Bonchev–Trinajstić information content (AvgIpc) is 3.07. The van der Waals surface area contributed by atoms with Gasteiger partial charge in [0.1, 0.15) is 6.04 Å². The number of benzene rings is 2. The zero-order valence-electron chi connectivity index (χ0n) is 15.6. The number of urea groups is 1. The van der Waals surface area contributed by atoms with Gasteiger partial charge >= 0.3 is 6.03 Å². The molecule has 2 aliphatic rings. The highest BCUT2D eigenvalue weighted by atomic mass is 16.2. The van der Waals surface area contributed by atoms with Crippen molar-refractivity contribution in [3.8, 4) is 0 Å². The molecule has 2 aromatic rings. The number of likely N-dealkylation sites (tertiary alicyclic amines) is 1. The SMILES string of the molecule is CN1CC(C(=O)N2CCCC(c3ccccc3)(c3ccccc3)C2)NC1=O. The summed E-state index contributed by atoms with van der Waals surface area (Å²) in [6.07, 6.45) is 1.94. The second kappa shape index (κ2) is 7.06. The van der Waals surface area contributed by atoms with Gasteiger partial charge in [-0.05, 0) is 24.0 Å². The first-order valence-corrected chi connectivity index (χ1v) is 9.52. The topological polar surface area (TPSA) is 52.7 Å². The molecule has 2 fully saturated rings. The number of amides is 3. The summed E-state index contributed by atoms with van der Waals surface area (Å²) in [6, 6.07) is 20.3. The molecule has 4 rings (SSSR count). The fourth-order valence-corrected chi connectivity index (χ4v) is 4.42. The van der Waals surface area contributed by atoms with Gasteiger partial charge in [0.2, 0.25) is 5.91 Å². The Morgan fingerprint density at radius 3 is 2.15 bits per heavy atom. The molecule has 0 aliphatic carbocycles. The highest BCUT2D eigenvalue weighted by molar-refractivity contribution is 5.90. The molecule has 0 radical (unpaired) electrons. The first kappa shape index (κ1) is 17.6. The van der Waals surface area contributed by atoms with Crippen LogP contribution >= 0.6 is 0 Å². The smallest absolute Gasteiger partial charge is 0.317 e. The van der Waals surface area contributed by atoms with E-state index in [0.717, 1.165) is 19.4 Å². The largest absolute Gasteiger partial charge is 0.340 e. The van der Waals surface area contributed by atoms with Crippen molar-refractivity contribution < 1.29 is 9.59 Å². The molecule has 0 bridgehead atoms. The molecule has 0 aromatic heterocycles. The molecule has 5 heteroatoms. The summed E-state index contributed by atoms with van der Waals surface area (Å²) in [4.78, 5) is 28.4. The Morgan fingerprint density at radius 2 is 1.63 bits per heavy atom. The quantitative estimate of drug-likeness (QED) is 0.911. The van der Waals surface area contributed by atoms with Gasteiger partial charge in [0.05, 0.1) is 6.54 Å². The minimum absolute atomic E-state index is 0.0173. The lowest BCUT2D eigenvalue weighted by Gasteiger charge is -2.44. The zero-order chi connectivity index (χ0) is 18.9. The molecule has 2 aliphatic heterocycles. The lowest BCUT2D eigenvalue weighted by molar-refractivity contribution is -0.134. The predicted molar refractivity (Wildman–Crippen MR) is 104 cm³/mol. The zero-order valence-corrected chi connectivity index (χ0v) is 15.6. The third-order valence-electron chi connectivity index (χ3n) is 5.86. The first-order valence-electron chi connectivity index (χ1n) is 9.52. The number of carbonyl (C=O) groups is 2. The fraction of sp³-hybridized carbons (Fsp3) is 0.364. The summed E-state index contributed by atoms with van der Waals surface area (Å²) < 4.78 is 0. The predicted octanol–water partition coefficient (Wildman–Crippen LogP) is 2.62. The van der Waals surface area contributed by atoms with Crippen LogP contribution in [0.15, 0.2) is 60.7 Å². The van der Waals surface area contributed by atoms with Crippen LogP contribution in [0.2, 0.25) is 0 Å². The van der Waals surface area contributed by atoms with Crippen LogP contribution in [0.5, 0.6) is 0 Å². The Hall–Kier alpha value is -2.82. The summed E-state index contributed by atoms with van der Waals surface area (Å²) in [7, 11) is 1.72. The first-order chi connectivity index (χ1) is 13.1. The minimum Gasteiger partial charge on any atom is -0.340 e. The lowest BCUT2D eigenvalue weighted by Crippen LogP contribution is -2.54. The Kier molecular flexibility index (Phi) is 4.60. The van der Waals surface area contributed by atoms with Gasteiger partial charge < -0.3 is 15.1 Å². The molecular formula is C22H25N3O2. The number of carbonyl (C=O) groups excluding carboxylic acids is 2. The molecule has 2 heterocycles. The second-order valence-corrected chi connectivity index (χ2v) is 7.56. The molecular weight excluding hydrogens is 338 g/mol. The number of hydrogen-bond acceptors (Lipinski definition) is 2. The Balaban J connectivity index is 1.67. The summed E-state index contributed by atoms with van der Waals surface area (Å²) in [5.74, 6) is 0.0173. The van der Waals surface area contributed by atoms with Gasteiger partial charge in [-0.2, -0.15) is 0 Å². The monoisotopic (exact) mass is 363 g/mol. The summed E-state index contributed by atoms with van der Waals surface area (Å²) in [6.45, 7) is 1.80. The summed E-state index contributed by atoms with van der Waals surface area (Å²) in [5, 5.41) is 2.80. The average molecular weight is 363 g/mol. The highest BCUT2D eigenvalue weighted by Gasteiger charge is 2.42. The van der Waals surface area contributed by atoms with Crippen LogP contribution in [0.4, 0.5) is 4.79 Å². The van der Waals surface area contributed by atoms with Crippen molar-refractivity contribution in [3.63, 3.8) is 0 Å². The van der Waals surface area contributed by atoms with Crippen LogP contribution in [0, 0.1) is 0 Å². The van der Waals surface area contributed by atoms with Crippen LogP contribution < -0.4 is 5.32 Å². The van der Waals surface area contributed by atoms with Gasteiger partial charge in [-0.15, -0.1) is 0 Å². The fourth-order valence-electron chi connectivity index (χ4n) is 4.42.